The van der Waals surface area contributed by atoms with Crippen molar-refractivity contribution in [3.8, 4) is 0 Å². The number of aliphatic carboxylic acids is 1. The molecule has 5 nitrogen and oxygen atoms in total. The third kappa shape index (κ3) is 1.63. The van der Waals surface area contributed by atoms with E-state index in [0.29, 0.717) is 13.1 Å². The quantitative estimate of drug-likeness (QED) is 0.877. The highest BCUT2D eigenvalue weighted by molar-refractivity contribution is 5.89. The molecular weight excluding hydrogens is 232 g/mol. The summed E-state index contributed by atoms with van der Waals surface area (Å²) in [4.78, 5) is 17.5. The SMILES string of the molecule is CC1CN(c2nccc3occc23)CC1C(=O)O. The molecule has 0 radical (unpaired) electrons. The topological polar surface area (TPSA) is 66.6 Å². The van der Waals surface area contributed by atoms with E-state index in [4.69, 9.17) is 9.52 Å². The van der Waals surface area contributed by atoms with Gasteiger partial charge in [0.15, 0.2) is 0 Å². The summed E-state index contributed by atoms with van der Waals surface area (Å²) in [6.45, 7) is 3.19. The standard InChI is InChI=1S/C13H14N2O3/c1-8-6-15(7-10(8)13(16)17)12-9-3-5-18-11(9)2-4-14-12/h2-5,8,10H,6-7H2,1H3,(H,16,17). The van der Waals surface area contributed by atoms with Gasteiger partial charge < -0.3 is 14.4 Å². The van der Waals surface area contributed by atoms with Gasteiger partial charge in [-0.1, -0.05) is 6.92 Å². The Hall–Kier alpha value is -2.04. The lowest BCUT2D eigenvalue weighted by molar-refractivity contribution is -0.142. The molecule has 2 atom stereocenters. The Bertz CT molecular complexity index is 593. The van der Waals surface area contributed by atoms with Crippen LogP contribution in [-0.4, -0.2) is 29.1 Å². The van der Waals surface area contributed by atoms with Gasteiger partial charge in [-0.2, -0.15) is 0 Å². The van der Waals surface area contributed by atoms with Crippen LogP contribution in [-0.2, 0) is 4.79 Å². The Morgan fingerprint density at radius 3 is 3.06 bits per heavy atom. The van der Waals surface area contributed by atoms with Crippen molar-refractivity contribution in [1.82, 2.24) is 4.98 Å². The molecule has 0 saturated carbocycles. The van der Waals surface area contributed by atoms with E-state index >= 15 is 0 Å². The molecule has 2 aromatic heterocycles. The Morgan fingerprint density at radius 1 is 1.50 bits per heavy atom. The lowest BCUT2D eigenvalue weighted by Gasteiger charge is -2.17. The number of rotatable bonds is 2. The van der Waals surface area contributed by atoms with Gasteiger partial charge in [0.2, 0.25) is 0 Å². The van der Waals surface area contributed by atoms with Crippen LogP contribution in [0.3, 0.4) is 0 Å². The number of carbonyl (C=O) groups is 1. The van der Waals surface area contributed by atoms with Gasteiger partial charge in [-0.05, 0) is 18.1 Å². The molecule has 5 heteroatoms. The second-order valence-electron chi connectivity index (χ2n) is 4.79. The first kappa shape index (κ1) is 11.1. The lowest BCUT2D eigenvalue weighted by Crippen LogP contribution is -2.23. The number of hydrogen-bond donors (Lipinski definition) is 1. The minimum Gasteiger partial charge on any atom is -0.481 e. The maximum Gasteiger partial charge on any atom is 0.308 e. The summed E-state index contributed by atoms with van der Waals surface area (Å²) in [6.07, 6.45) is 3.32. The number of hydrogen-bond acceptors (Lipinski definition) is 4. The minimum absolute atomic E-state index is 0.131. The van der Waals surface area contributed by atoms with Crippen molar-refractivity contribution < 1.29 is 14.3 Å². The molecule has 2 unspecified atom stereocenters. The summed E-state index contributed by atoms with van der Waals surface area (Å²) in [7, 11) is 0. The highest BCUT2D eigenvalue weighted by Gasteiger charge is 2.35. The number of aromatic nitrogens is 1. The van der Waals surface area contributed by atoms with Crippen LogP contribution in [0.1, 0.15) is 6.92 Å². The zero-order valence-corrected chi connectivity index (χ0v) is 10.0. The number of carboxylic acid groups (broad SMARTS) is 1. The Balaban J connectivity index is 1.97. The number of anilines is 1. The van der Waals surface area contributed by atoms with Crippen LogP contribution in [0, 0.1) is 11.8 Å². The van der Waals surface area contributed by atoms with E-state index in [1.165, 1.54) is 0 Å². The van der Waals surface area contributed by atoms with E-state index in [1.54, 1.807) is 12.5 Å². The normalized spacial score (nSPS) is 23.7. The maximum atomic E-state index is 11.1. The second kappa shape index (κ2) is 4.01. The number of fused-ring (bicyclic) bond motifs is 1. The molecule has 3 heterocycles. The number of nitrogens with zero attached hydrogens (tertiary/aromatic N) is 2. The van der Waals surface area contributed by atoms with Gasteiger partial charge in [-0.3, -0.25) is 4.79 Å². The fraction of sp³-hybridized carbons (Fsp3) is 0.385. The van der Waals surface area contributed by atoms with Crippen molar-refractivity contribution in [2.75, 3.05) is 18.0 Å². The monoisotopic (exact) mass is 246 g/mol. The molecule has 1 saturated heterocycles. The van der Waals surface area contributed by atoms with Gasteiger partial charge in [0.25, 0.3) is 0 Å². The Kier molecular flexibility index (Phi) is 2.47. The first-order valence-corrected chi connectivity index (χ1v) is 5.97. The lowest BCUT2D eigenvalue weighted by atomic mass is 9.99. The predicted octanol–water partition coefficient (Wildman–Crippen LogP) is 1.98. The van der Waals surface area contributed by atoms with Gasteiger partial charge >= 0.3 is 5.97 Å². The molecule has 1 aliphatic heterocycles. The smallest absolute Gasteiger partial charge is 0.308 e. The first-order chi connectivity index (χ1) is 8.66. The van der Waals surface area contributed by atoms with Crippen molar-refractivity contribution in [3.05, 3.63) is 24.6 Å². The van der Waals surface area contributed by atoms with Gasteiger partial charge in [0.05, 0.1) is 17.6 Å². The molecule has 2 aromatic rings. The van der Waals surface area contributed by atoms with Gasteiger partial charge in [-0.25, -0.2) is 4.98 Å². The van der Waals surface area contributed by atoms with Crippen LogP contribution >= 0.6 is 0 Å². The van der Waals surface area contributed by atoms with Crippen LogP contribution in [0.5, 0.6) is 0 Å². The molecule has 1 aliphatic rings. The van der Waals surface area contributed by atoms with Crippen molar-refractivity contribution in [1.29, 1.82) is 0 Å². The molecule has 0 bridgehead atoms. The highest BCUT2D eigenvalue weighted by Crippen LogP contribution is 2.31. The molecule has 94 valence electrons. The van der Waals surface area contributed by atoms with Crippen LogP contribution in [0.15, 0.2) is 29.0 Å². The molecule has 18 heavy (non-hydrogen) atoms. The third-order valence-corrected chi connectivity index (χ3v) is 3.59. The highest BCUT2D eigenvalue weighted by atomic mass is 16.4. The van der Waals surface area contributed by atoms with Crippen LogP contribution < -0.4 is 4.90 Å². The predicted molar refractivity (Wildman–Crippen MR) is 66.5 cm³/mol. The summed E-state index contributed by atoms with van der Waals surface area (Å²) >= 11 is 0. The number of carboxylic acids is 1. The van der Waals surface area contributed by atoms with E-state index in [0.717, 1.165) is 16.8 Å². The first-order valence-electron chi connectivity index (χ1n) is 5.97. The molecule has 3 rings (SSSR count). The Labute approximate surface area is 104 Å². The fourth-order valence-electron chi connectivity index (χ4n) is 2.59. The van der Waals surface area contributed by atoms with Crippen molar-refractivity contribution in [2.24, 2.45) is 11.8 Å². The number of furan rings is 1. The Morgan fingerprint density at radius 2 is 2.33 bits per heavy atom. The maximum absolute atomic E-state index is 11.1. The van der Waals surface area contributed by atoms with Gasteiger partial charge in [0.1, 0.15) is 11.4 Å². The second-order valence-corrected chi connectivity index (χ2v) is 4.79. The van der Waals surface area contributed by atoms with Crippen molar-refractivity contribution in [3.63, 3.8) is 0 Å². The number of pyridine rings is 1. The molecule has 1 N–H and O–H groups in total. The average Bonchev–Trinajstić information content (AvgIpc) is 2.94. The van der Waals surface area contributed by atoms with Crippen LogP contribution in [0.2, 0.25) is 0 Å². The molecule has 1 fully saturated rings. The fourth-order valence-corrected chi connectivity index (χ4v) is 2.59. The molecular formula is C13H14N2O3. The zero-order chi connectivity index (χ0) is 12.7. The van der Waals surface area contributed by atoms with Crippen molar-refractivity contribution in [2.45, 2.75) is 6.92 Å². The van der Waals surface area contributed by atoms with E-state index in [9.17, 15) is 4.79 Å². The van der Waals surface area contributed by atoms with Gasteiger partial charge in [-0.15, -0.1) is 0 Å². The molecule has 0 spiro atoms. The van der Waals surface area contributed by atoms with E-state index in [2.05, 4.69) is 4.98 Å². The van der Waals surface area contributed by atoms with E-state index in [-0.39, 0.29) is 11.8 Å². The van der Waals surface area contributed by atoms with E-state index < -0.39 is 5.97 Å². The third-order valence-electron chi connectivity index (χ3n) is 3.59. The zero-order valence-electron chi connectivity index (χ0n) is 10.0. The summed E-state index contributed by atoms with van der Waals surface area (Å²) in [5, 5.41) is 10.1. The van der Waals surface area contributed by atoms with Gasteiger partial charge in [0, 0.05) is 19.3 Å². The van der Waals surface area contributed by atoms with Crippen LogP contribution in [0.25, 0.3) is 11.0 Å². The summed E-state index contributed by atoms with van der Waals surface area (Å²) < 4.78 is 5.34. The molecule has 0 aromatic carbocycles. The van der Waals surface area contributed by atoms with E-state index in [1.807, 2.05) is 24.0 Å². The minimum atomic E-state index is -0.732. The molecule has 0 amide bonds. The average molecular weight is 246 g/mol. The summed E-state index contributed by atoms with van der Waals surface area (Å²) in [5.41, 5.74) is 0.784. The molecule has 0 aliphatic carbocycles. The van der Waals surface area contributed by atoms with Crippen LogP contribution in [0.4, 0.5) is 5.82 Å². The van der Waals surface area contributed by atoms with Crippen molar-refractivity contribution >= 4 is 22.8 Å². The largest absolute Gasteiger partial charge is 0.481 e. The summed E-state index contributed by atoms with van der Waals surface area (Å²) in [6, 6.07) is 3.68. The summed E-state index contributed by atoms with van der Waals surface area (Å²) in [5.74, 6) is -0.110.